The van der Waals surface area contributed by atoms with E-state index in [1.165, 1.54) is 12.1 Å². The summed E-state index contributed by atoms with van der Waals surface area (Å²) in [6.07, 6.45) is 0.329. The molecule has 0 saturated heterocycles. The minimum Gasteiger partial charge on any atom is -0.448 e. The number of carbonyl (C=O) groups excluding carboxylic acids is 1. The van der Waals surface area contributed by atoms with E-state index in [2.05, 4.69) is 10.1 Å². The van der Waals surface area contributed by atoms with Gasteiger partial charge in [-0.25, -0.2) is 13.2 Å². The second kappa shape index (κ2) is 5.53. The molecule has 0 saturated carbocycles. The number of sulfone groups is 1. The first-order valence-corrected chi connectivity index (χ1v) is 6.75. The Hall–Kier alpha value is -1.76. The topological polar surface area (TPSA) is 98.5 Å². The van der Waals surface area contributed by atoms with Gasteiger partial charge in [0.25, 0.3) is 0 Å². The van der Waals surface area contributed by atoms with Crippen LogP contribution >= 0.6 is 0 Å². The number of rotatable bonds is 5. The zero-order chi connectivity index (χ0) is 12.9. The van der Waals surface area contributed by atoms with Crippen LogP contribution in [0.25, 0.3) is 0 Å². The summed E-state index contributed by atoms with van der Waals surface area (Å²) in [5.41, 5.74) is 5.53. The van der Waals surface area contributed by atoms with Crippen molar-refractivity contribution >= 4 is 21.6 Å². The normalized spacial score (nSPS) is 10.9. The predicted molar refractivity (Wildman–Crippen MR) is 63.6 cm³/mol. The standard InChI is InChI=1S/C10H14N2O4S/c1-17(14,15)9-4-2-8(3-5-9)12-6-7-16-10(11)13/h2-5,12H,6-7H2,1H3,(H2,11,13). The summed E-state index contributed by atoms with van der Waals surface area (Å²) in [6, 6.07) is 6.29. The summed E-state index contributed by atoms with van der Waals surface area (Å²) in [6.45, 7) is 0.560. The number of ether oxygens (including phenoxy) is 1. The lowest BCUT2D eigenvalue weighted by Gasteiger charge is -2.06. The van der Waals surface area contributed by atoms with Gasteiger partial charge >= 0.3 is 6.09 Å². The highest BCUT2D eigenvalue weighted by molar-refractivity contribution is 7.90. The number of primary amides is 1. The lowest BCUT2D eigenvalue weighted by atomic mass is 10.3. The molecule has 0 unspecified atom stereocenters. The average Bonchev–Trinajstić information content (AvgIpc) is 2.23. The molecule has 1 rings (SSSR count). The Bertz CT molecular complexity index is 482. The van der Waals surface area contributed by atoms with Gasteiger partial charge in [0.15, 0.2) is 9.84 Å². The van der Waals surface area contributed by atoms with E-state index in [-0.39, 0.29) is 11.5 Å². The van der Waals surface area contributed by atoms with Crippen LogP contribution in [0.2, 0.25) is 0 Å². The summed E-state index contributed by atoms with van der Waals surface area (Å²) in [5, 5.41) is 2.95. The molecule has 7 heteroatoms. The maximum atomic E-state index is 11.2. The molecule has 17 heavy (non-hydrogen) atoms. The van der Waals surface area contributed by atoms with Gasteiger partial charge in [-0.1, -0.05) is 0 Å². The Labute approximate surface area is 99.7 Å². The molecule has 1 aromatic carbocycles. The Balaban J connectivity index is 2.49. The molecule has 1 aromatic rings. The molecule has 0 radical (unpaired) electrons. The van der Waals surface area contributed by atoms with Crippen LogP contribution in [-0.4, -0.2) is 33.9 Å². The van der Waals surface area contributed by atoms with E-state index in [9.17, 15) is 13.2 Å². The molecule has 0 aliphatic rings. The van der Waals surface area contributed by atoms with Crippen LogP contribution in [0.3, 0.4) is 0 Å². The van der Waals surface area contributed by atoms with Gasteiger partial charge in [0, 0.05) is 18.5 Å². The number of nitrogens with one attached hydrogen (secondary N) is 1. The number of anilines is 1. The molecule has 1 amide bonds. The van der Waals surface area contributed by atoms with Crippen LogP contribution in [0, 0.1) is 0 Å². The molecule has 0 bridgehead atoms. The van der Waals surface area contributed by atoms with Crippen LogP contribution < -0.4 is 11.1 Å². The Morgan fingerprint density at radius 3 is 2.41 bits per heavy atom. The fraction of sp³-hybridized carbons (Fsp3) is 0.300. The summed E-state index contributed by atoms with van der Waals surface area (Å²) in [5.74, 6) is 0. The molecule has 6 nitrogen and oxygen atoms in total. The molecule has 0 aliphatic carbocycles. The van der Waals surface area contributed by atoms with Crippen molar-refractivity contribution in [2.75, 3.05) is 24.7 Å². The minimum absolute atomic E-state index is 0.156. The third-order valence-corrected chi connectivity index (χ3v) is 3.09. The van der Waals surface area contributed by atoms with Crippen molar-refractivity contribution in [1.82, 2.24) is 0 Å². The molecule has 94 valence electrons. The lowest BCUT2D eigenvalue weighted by molar-refractivity contribution is 0.161. The average molecular weight is 258 g/mol. The third-order valence-electron chi connectivity index (χ3n) is 1.96. The maximum absolute atomic E-state index is 11.2. The second-order valence-corrected chi connectivity index (χ2v) is 5.41. The van der Waals surface area contributed by atoms with Crippen molar-refractivity contribution in [2.45, 2.75) is 4.90 Å². The molecule has 0 aromatic heterocycles. The first-order valence-electron chi connectivity index (χ1n) is 4.86. The van der Waals surface area contributed by atoms with Crippen LogP contribution in [-0.2, 0) is 14.6 Å². The van der Waals surface area contributed by atoms with E-state index < -0.39 is 15.9 Å². The predicted octanol–water partition coefficient (Wildman–Crippen LogP) is 0.597. The minimum atomic E-state index is -3.17. The molecular weight excluding hydrogens is 244 g/mol. The van der Waals surface area contributed by atoms with Crippen molar-refractivity contribution in [3.63, 3.8) is 0 Å². The van der Waals surface area contributed by atoms with Gasteiger partial charge in [0.2, 0.25) is 0 Å². The number of hydrogen-bond donors (Lipinski definition) is 2. The van der Waals surface area contributed by atoms with E-state index in [0.717, 1.165) is 11.9 Å². The van der Waals surface area contributed by atoms with E-state index in [4.69, 9.17) is 5.73 Å². The number of amides is 1. The molecular formula is C10H14N2O4S. The molecule has 0 atom stereocenters. The number of hydrogen-bond acceptors (Lipinski definition) is 5. The quantitative estimate of drug-likeness (QED) is 0.753. The highest BCUT2D eigenvalue weighted by atomic mass is 32.2. The Morgan fingerprint density at radius 2 is 1.94 bits per heavy atom. The van der Waals surface area contributed by atoms with E-state index in [1.807, 2.05) is 0 Å². The molecule has 0 spiro atoms. The van der Waals surface area contributed by atoms with Crippen molar-refractivity contribution in [1.29, 1.82) is 0 Å². The number of carbonyl (C=O) groups is 1. The fourth-order valence-electron chi connectivity index (χ4n) is 1.17. The Morgan fingerprint density at radius 1 is 1.35 bits per heavy atom. The Kier molecular flexibility index (Phi) is 4.33. The first kappa shape index (κ1) is 13.3. The lowest BCUT2D eigenvalue weighted by Crippen LogP contribution is -2.18. The van der Waals surface area contributed by atoms with Crippen molar-refractivity contribution in [3.05, 3.63) is 24.3 Å². The fourth-order valence-corrected chi connectivity index (χ4v) is 1.80. The monoisotopic (exact) mass is 258 g/mol. The zero-order valence-corrected chi connectivity index (χ0v) is 10.2. The molecule has 0 aliphatic heterocycles. The smallest absolute Gasteiger partial charge is 0.404 e. The van der Waals surface area contributed by atoms with Gasteiger partial charge in [-0.15, -0.1) is 0 Å². The third kappa shape index (κ3) is 4.73. The van der Waals surface area contributed by atoms with Gasteiger partial charge in [-0.2, -0.15) is 0 Å². The summed E-state index contributed by atoms with van der Waals surface area (Å²) in [4.78, 5) is 10.5. The number of nitrogens with two attached hydrogens (primary N) is 1. The van der Waals surface area contributed by atoms with Gasteiger partial charge in [0.1, 0.15) is 6.61 Å². The van der Waals surface area contributed by atoms with E-state index in [1.54, 1.807) is 12.1 Å². The van der Waals surface area contributed by atoms with Crippen molar-refractivity contribution in [2.24, 2.45) is 5.73 Å². The van der Waals surface area contributed by atoms with Gasteiger partial charge in [0.05, 0.1) is 4.90 Å². The molecule has 0 fully saturated rings. The van der Waals surface area contributed by atoms with Gasteiger partial charge < -0.3 is 15.8 Å². The van der Waals surface area contributed by atoms with Crippen LogP contribution in [0.5, 0.6) is 0 Å². The molecule has 0 heterocycles. The first-order chi connectivity index (χ1) is 7.89. The van der Waals surface area contributed by atoms with E-state index >= 15 is 0 Å². The number of benzene rings is 1. The van der Waals surface area contributed by atoms with Crippen molar-refractivity contribution in [3.8, 4) is 0 Å². The zero-order valence-electron chi connectivity index (χ0n) is 9.34. The summed E-state index contributed by atoms with van der Waals surface area (Å²) in [7, 11) is -3.17. The summed E-state index contributed by atoms with van der Waals surface area (Å²) < 4.78 is 26.9. The van der Waals surface area contributed by atoms with Crippen LogP contribution in [0.15, 0.2) is 29.2 Å². The molecule has 3 N–H and O–H groups in total. The highest BCUT2D eigenvalue weighted by Gasteiger charge is 2.05. The largest absolute Gasteiger partial charge is 0.448 e. The van der Waals surface area contributed by atoms with Crippen LogP contribution in [0.4, 0.5) is 10.5 Å². The van der Waals surface area contributed by atoms with Crippen LogP contribution in [0.1, 0.15) is 0 Å². The highest BCUT2D eigenvalue weighted by Crippen LogP contribution is 2.13. The van der Waals surface area contributed by atoms with Crippen molar-refractivity contribution < 1.29 is 17.9 Å². The second-order valence-electron chi connectivity index (χ2n) is 3.39. The van der Waals surface area contributed by atoms with E-state index in [0.29, 0.717) is 6.54 Å². The van der Waals surface area contributed by atoms with Gasteiger partial charge in [-0.3, -0.25) is 0 Å². The maximum Gasteiger partial charge on any atom is 0.404 e. The SMILES string of the molecule is CS(=O)(=O)c1ccc(NCCOC(N)=O)cc1. The van der Waals surface area contributed by atoms with Gasteiger partial charge in [-0.05, 0) is 24.3 Å². The summed E-state index contributed by atoms with van der Waals surface area (Å²) >= 11 is 0.